The molecule has 110 valence electrons. The van der Waals surface area contributed by atoms with Gasteiger partial charge in [-0.05, 0) is 44.9 Å². The molecule has 1 saturated heterocycles. The lowest BCUT2D eigenvalue weighted by Gasteiger charge is -2.17. The Morgan fingerprint density at radius 2 is 2.05 bits per heavy atom. The van der Waals surface area contributed by atoms with Crippen LogP contribution in [0.4, 0.5) is 0 Å². The Kier molecular flexibility index (Phi) is 5.15. The van der Waals surface area contributed by atoms with Crippen LogP contribution in [-0.4, -0.2) is 38.3 Å². The monoisotopic (exact) mass is 276 g/mol. The quantitative estimate of drug-likeness (QED) is 0.884. The molecule has 1 heterocycles. The van der Waals surface area contributed by atoms with Crippen LogP contribution >= 0.6 is 0 Å². The number of hydrogen-bond acceptors (Lipinski definition) is 3. The zero-order valence-electron chi connectivity index (χ0n) is 12.6. The second-order valence-corrected chi connectivity index (χ2v) is 5.53. The maximum absolute atomic E-state index is 12.3. The third-order valence-electron chi connectivity index (χ3n) is 3.62. The van der Waals surface area contributed by atoms with E-state index in [1.807, 2.05) is 32.9 Å². The van der Waals surface area contributed by atoms with Crippen LogP contribution in [0.15, 0.2) is 12.1 Å². The summed E-state index contributed by atoms with van der Waals surface area (Å²) in [7, 11) is 0. The molecule has 2 N–H and O–H groups in total. The van der Waals surface area contributed by atoms with E-state index in [4.69, 9.17) is 4.74 Å². The van der Waals surface area contributed by atoms with Crippen LogP contribution in [0.25, 0.3) is 0 Å². The zero-order valence-corrected chi connectivity index (χ0v) is 12.6. The Morgan fingerprint density at radius 1 is 1.35 bits per heavy atom. The van der Waals surface area contributed by atoms with Gasteiger partial charge in [-0.15, -0.1) is 0 Å². The highest BCUT2D eigenvalue weighted by Gasteiger charge is 2.16. The summed E-state index contributed by atoms with van der Waals surface area (Å²) in [6, 6.07) is 4.09. The predicted octanol–water partition coefficient (Wildman–Crippen LogP) is 1.72. The van der Waals surface area contributed by atoms with Gasteiger partial charge in [0, 0.05) is 25.3 Å². The van der Waals surface area contributed by atoms with Gasteiger partial charge in [0.1, 0.15) is 0 Å². The molecule has 2 rings (SSSR count). The van der Waals surface area contributed by atoms with Gasteiger partial charge in [0.25, 0.3) is 5.91 Å². The average molecular weight is 276 g/mol. The lowest BCUT2D eigenvalue weighted by atomic mass is 9.99. The Balaban J connectivity index is 1.98. The summed E-state index contributed by atoms with van der Waals surface area (Å²) in [5.41, 5.74) is 4.03. The van der Waals surface area contributed by atoms with E-state index < -0.39 is 0 Å². The molecule has 0 aromatic heterocycles. The average Bonchev–Trinajstić information content (AvgIpc) is 2.63. The van der Waals surface area contributed by atoms with Crippen molar-refractivity contribution in [1.82, 2.24) is 10.6 Å². The molecule has 1 atom stereocenters. The van der Waals surface area contributed by atoms with E-state index in [1.165, 1.54) is 5.56 Å². The second-order valence-electron chi connectivity index (χ2n) is 5.53. The molecule has 0 bridgehead atoms. The highest BCUT2D eigenvalue weighted by atomic mass is 16.5. The van der Waals surface area contributed by atoms with E-state index in [0.717, 1.165) is 42.8 Å². The number of carbonyl (C=O) groups excluding carboxylic acids is 1. The van der Waals surface area contributed by atoms with Crippen molar-refractivity contribution in [3.63, 3.8) is 0 Å². The van der Waals surface area contributed by atoms with E-state index in [-0.39, 0.29) is 12.0 Å². The smallest absolute Gasteiger partial charge is 0.251 e. The normalized spacial score (nSPS) is 19.4. The van der Waals surface area contributed by atoms with Gasteiger partial charge in [-0.25, -0.2) is 0 Å². The fourth-order valence-corrected chi connectivity index (χ4v) is 2.73. The molecule has 1 unspecified atom stereocenters. The Labute approximate surface area is 120 Å². The third-order valence-corrected chi connectivity index (χ3v) is 3.62. The summed E-state index contributed by atoms with van der Waals surface area (Å²) in [5.74, 6) is -0.00662. The molecule has 1 aromatic carbocycles. The fraction of sp³-hybridized carbons (Fsp3) is 0.562. The van der Waals surface area contributed by atoms with Crippen molar-refractivity contribution in [2.45, 2.75) is 33.3 Å². The number of amides is 1. The Hall–Kier alpha value is -1.39. The summed E-state index contributed by atoms with van der Waals surface area (Å²) in [5, 5.41) is 6.31. The highest BCUT2D eigenvalue weighted by molar-refractivity contribution is 5.97. The van der Waals surface area contributed by atoms with Crippen LogP contribution in [0.3, 0.4) is 0 Å². The van der Waals surface area contributed by atoms with Gasteiger partial charge < -0.3 is 15.4 Å². The molecule has 20 heavy (non-hydrogen) atoms. The number of ether oxygens (including phenoxy) is 1. The topological polar surface area (TPSA) is 50.4 Å². The molecular weight excluding hydrogens is 252 g/mol. The molecule has 1 aliphatic rings. The molecule has 0 radical (unpaired) electrons. The maximum Gasteiger partial charge on any atom is 0.251 e. The molecule has 1 fully saturated rings. The molecule has 0 aliphatic carbocycles. The van der Waals surface area contributed by atoms with Crippen LogP contribution in [0.2, 0.25) is 0 Å². The lowest BCUT2D eigenvalue weighted by Crippen LogP contribution is -2.38. The Morgan fingerprint density at radius 3 is 2.75 bits per heavy atom. The number of aryl methyl sites for hydroxylation is 3. The number of hydrogen-bond donors (Lipinski definition) is 2. The molecule has 1 aliphatic heterocycles. The number of nitrogens with one attached hydrogen (secondary N) is 2. The molecule has 4 nitrogen and oxygen atoms in total. The van der Waals surface area contributed by atoms with Crippen LogP contribution < -0.4 is 10.6 Å². The van der Waals surface area contributed by atoms with Crippen molar-refractivity contribution in [3.05, 3.63) is 34.4 Å². The summed E-state index contributed by atoms with van der Waals surface area (Å²) in [6.07, 6.45) is 1.09. The van der Waals surface area contributed by atoms with Crippen molar-refractivity contribution < 1.29 is 9.53 Å². The van der Waals surface area contributed by atoms with Crippen molar-refractivity contribution in [3.8, 4) is 0 Å². The van der Waals surface area contributed by atoms with Gasteiger partial charge in [0.05, 0.1) is 6.10 Å². The van der Waals surface area contributed by atoms with Crippen LogP contribution in [0.1, 0.15) is 33.5 Å². The molecule has 0 spiro atoms. The summed E-state index contributed by atoms with van der Waals surface area (Å²) in [6.45, 7) is 9.12. The first-order valence-corrected chi connectivity index (χ1v) is 7.26. The highest BCUT2D eigenvalue weighted by Crippen LogP contribution is 2.16. The second kappa shape index (κ2) is 6.86. The predicted molar refractivity (Wildman–Crippen MR) is 80.2 cm³/mol. The first-order valence-electron chi connectivity index (χ1n) is 7.26. The maximum atomic E-state index is 12.3. The number of rotatable bonds is 3. The standard InChI is InChI=1S/C16H24N2O2/c1-11-7-12(2)15(13(3)8-11)16(19)18-10-14-9-17-5-4-6-20-14/h7-8,14,17H,4-6,9-10H2,1-3H3,(H,18,19). The first kappa shape index (κ1) is 15.0. The van der Waals surface area contributed by atoms with Crippen LogP contribution in [-0.2, 0) is 4.74 Å². The van der Waals surface area contributed by atoms with E-state index in [2.05, 4.69) is 10.6 Å². The fourth-order valence-electron chi connectivity index (χ4n) is 2.73. The summed E-state index contributed by atoms with van der Waals surface area (Å²) < 4.78 is 5.69. The third kappa shape index (κ3) is 3.81. The number of carbonyl (C=O) groups is 1. The van der Waals surface area contributed by atoms with Gasteiger partial charge >= 0.3 is 0 Å². The van der Waals surface area contributed by atoms with E-state index in [9.17, 15) is 4.79 Å². The van der Waals surface area contributed by atoms with Crippen molar-refractivity contribution in [1.29, 1.82) is 0 Å². The Bertz CT molecular complexity index is 454. The van der Waals surface area contributed by atoms with E-state index in [1.54, 1.807) is 0 Å². The largest absolute Gasteiger partial charge is 0.375 e. The van der Waals surface area contributed by atoms with Crippen LogP contribution in [0.5, 0.6) is 0 Å². The van der Waals surface area contributed by atoms with Crippen molar-refractivity contribution in [2.24, 2.45) is 0 Å². The minimum absolute atomic E-state index is 0.00662. The minimum atomic E-state index is -0.00662. The van der Waals surface area contributed by atoms with Crippen molar-refractivity contribution >= 4 is 5.91 Å². The number of benzene rings is 1. The minimum Gasteiger partial charge on any atom is -0.375 e. The zero-order chi connectivity index (χ0) is 14.5. The van der Waals surface area contributed by atoms with Gasteiger partial charge in [0.2, 0.25) is 0 Å². The van der Waals surface area contributed by atoms with Crippen molar-refractivity contribution in [2.75, 3.05) is 26.2 Å². The summed E-state index contributed by atoms with van der Waals surface area (Å²) in [4.78, 5) is 12.3. The van der Waals surface area contributed by atoms with Gasteiger partial charge in [-0.1, -0.05) is 17.7 Å². The van der Waals surface area contributed by atoms with Gasteiger partial charge in [-0.3, -0.25) is 4.79 Å². The molecule has 1 amide bonds. The molecule has 1 aromatic rings. The molecule has 4 heteroatoms. The van der Waals surface area contributed by atoms with E-state index in [0.29, 0.717) is 6.54 Å². The molecule has 0 saturated carbocycles. The van der Waals surface area contributed by atoms with E-state index >= 15 is 0 Å². The molecular formula is C16H24N2O2. The summed E-state index contributed by atoms with van der Waals surface area (Å²) >= 11 is 0. The first-order chi connectivity index (χ1) is 9.58. The lowest BCUT2D eigenvalue weighted by molar-refractivity contribution is 0.0626. The van der Waals surface area contributed by atoms with Crippen LogP contribution in [0, 0.1) is 20.8 Å². The van der Waals surface area contributed by atoms with Gasteiger partial charge in [-0.2, -0.15) is 0 Å². The van der Waals surface area contributed by atoms with Gasteiger partial charge in [0.15, 0.2) is 0 Å². The SMILES string of the molecule is Cc1cc(C)c(C(=O)NCC2CNCCCO2)c(C)c1.